The van der Waals surface area contributed by atoms with Crippen LogP contribution < -0.4 is 0 Å². The Morgan fingerprint density at radius 2 is 2.06 bits per heavy atom. The second kappa shape index (κ2) is 5.60. The Balaban J connectivity index is 2.93. The molecule has 0 aromatic heterocycles. The maximum absolute atomic E-state index is 13.8. The smallest absolute Gasteiger partial charge is 0.344 e. The Kier molecular flexibility index (Phi) is 4.65. The highest BCUT2D eigenvalue weighted by molar-refractivity contribution is 9.10. The molecule has 0 aliphatic heterocycles. The number of rotatable bonds is 4. The molecule has 0 saturated carbocycles. The molecule has 1 aromatic carbocycles. The van der Waals surface area contributed by atoms with Crippen molar-refractivity contribution >= 4 is 21.9 Å². The summed E-state index contributed by atoms with van der Waals surface area (Å²) in [5.41, 5.74) is -1.58. The molecule has 0 aliphatic rings. The van der Waals surface area contributed by atoms with Gasteiger partial charge in [-0.05, 0) is 31.5 Å². The van der Waals surface area contributed by atoms with Gasteiger partial charge in [-0.1, -0.05) is 28.1 Å². The van der Waals surface area contributed by atoms with Crippen molar-refractivity contribution in [3.63, 3.8) is 0 Å². The summed E-state index contributed by atoms with van der Waals surface area (Å²) in [6.07, 6.45) is -2.11. The number of ether oxygens (including phenoxy) is 1. The van der Waals surface area contributed by atoms with E-state index in [0.717, 1.165) is 4.47 Å². The van der Waals surface area contributed by atoms with Gasteiger partial charge in [-0.25, -0.2) is 9.18 Å². The van der Waals surface area contributed by atoms with Crippen LogP contribution in [0.5, 0.6) is 0 Å². The lowest BCUT2D eigenvalue weighted by Gasteiger charge is -2.26. The van der Waals surface area contributed by atoms with Crippen LogP contribution >= 0.6 is 15.9 Å². The van der Waals surface area contributed by atoms with E-state index in [-0.39, 0.29) is 6.61 Å². The number of alkyl halides is 1. The van der Waals surface area contributed by atoms with Gasteiger partial charge in [0.25, 0.3) is 0 Å². The van der Waals surface area contributed by atoms with Crippen LogP contribution in [0, 0.1) is 0 Å². The van der Waals surface area contributed by atoms with Crippen molar-refractivity contribution in [3.05, 3.63) is 34.3 Å². The molecule has 2 unspecified atom stereocenters. The topological polar surface area (TPSA) is 46.5 Å². The minimum atomic E-state index is -2.11. The molecule has 94 valence electrons. The zero-order chi connectivity index (χ0) is 13.1. The minimum absolute atomic E-state index is 0.0790. The van der Waals surface area contributed by atoms with Crippen LogP contribution in [0.3, 0.4) is 0 Å². The summed E-state index contributed by atoms with van der Waals surface area (Å²) < 4.78 is 19.2. The number of hydrogen-bond acceptors (Lipinski definition) is 3. The molecule has 17 heavy (non-hydrogen) atoms. The van der Waals surface area contributed by atoms with Crippen molar-refractivity contribution in [1.82, 2.24) is 0 Å². The highest BCUT2D eigenvalue weighted by atomic mass is 79.9. The van der Waals surface area contributed by atoms with Crippen LogP contribution in [0.15, 0.2) is 28.7 Å². The van der Waals surface area contributed by atoms with Crippen molar-refractivity contribution in [3.8, 4) is 0 Å². The predicted molar refractivity (Wildman–Crippen MR) is 65.2 cm³/mol. The van der Waals surface area contributed by atoms with E-state index in [1.807, 2.05) is 0 Å². The summed E-state index contributed by atoms with van der Waals surface area (Å²) in [7, 11) is 0. The minimum Gasteiger partial charge on any atom is -0.464 e. The van der Waals surface area contributed by atoms with E-state index in [4.69, 9.17) is 0 Å². The SMILES string of the molecule is CCOC(=O)C(F)C(C)(O)c1ccc(Br)cc1. The standard InChI is InChI=1S/C12H14BrFO3/c1-3-17-11(15)10(14)12(2,16)8-4-6-9(13)7-5-8/h4-7,10,16H,3H2,1-2H3. The van der Waals surface area contributed by atoms with E-state index >= 15 is 0 Å². The van der Waals surface area contributed by atoms with Gasteiger partial charge in [-0.15, -0.1) is 0 Å². The van der Waals surface area contributed by atoms with Crippen LogP contribution in [0.1, 0.15) is 19.4 Å². The fourth-order valence-electron chi connectivity index (χ4n) is 1.38. The molecule has 0 saturated heterocycles. The molecule has 0 bridgehead atoms. The predicted octanol–water partition coefficient (Wildman–Crippen LogP) is 2.56. The lowest BCUT2D eigenvalue weighted by Crippen LogP contribution is -2.40. The lowest BCUT2D eigenvalue weighted by molar-refractivity contribution is -0.160. The van der Waals surface area contributed by atoms with Crippen LogP contribution in [-0.4, -0.2) is 23.9 Å². The first-order chi connectivity index (χ1) is 7.89. The molecule has 0 amide bonds. The summed E-state index contributed by atoms with van der Waals surface area (Å²) in [4.78, 5) is 11.3. The monoisotopic (exact) mass is 304 g/mol. The van der Waals surface area contributed by atoms with Gasteiger partial charge in [-0.2, -0.15) is 0 Å². The van der Waals surface area contributed by atoms with E-state index in [0.29, 0.717) is 5.56 Å². The van der Waals surface area contributed by atoms with E-state index < -0.39 is 17.7 Å². The normalized spacial score (nSPS) is 16.1. The molecule has 1 aromatic rings. The number of carbonyl (C=O) groups is 1. The first kappa shape index (κ1) is 14.1. The fraction of sp³-hybridized carbons (Fsp3) is 0.417. The second-order valence-corrected chi connectivity index (χ2v) is 4.68. The van der Waals surface area contributed by atoms with Crippen LogP contribution in [0.4, 0.5) is 4.39 Å². The Morgan fingerprint density at radius 3 is 2.53 bits per heavy atom. The van der Waals surface area contributed by atoms with Gasteiger partial charge < -0.3 is 9.84 Å². The summed E-state index contributed by atoms with van der Waals surface area (Å²) in [5.74, 6) is -1.06. The number of benzene rings is 1. The molecule has 0 aliphatic carbocycles. The van der Waals surface area contributed by atoms with Crippen LogP contribution in [0.25, 0.3) is 0 Å². The Morgan fingerprint density at radius 1 is 1.53 bits per heavy atom. The third kappa shape index (κ3) is 3.26. The van der Waals surface area contributed by atoms with E-state index in [9.17, 15) is 14.3 Å². The molecule has 1 rings (SSSR count). The maximum Gasteiger partial charge on any atom is 0.344 e. The largest absolute Gasteiger partial charge is 0.464 e. The third-order valence-electron chi connectivity index (χ3n) is 2.42. The number of aliphatic hydroxyl groups is 1. The molecule has 0 heterocycles. The third-order valence-corrected chi connectivity index (χ3v) is 2.94. The molecule has 0 radical (unpaired) electrons. The summed E-state index contributed by atoms with van der Waals surface area (Å²) in [5, 5.41) is 10.1. The zero-order valence-electron chi connectivity index (χ0n) is 9.61. The van der Waals surface area contributed by atoms with Crippen molar-refractivity contribution in [2.75, 3.05) is 6.61 Å². The van der Waals surface area contributed by atoms with Gasteiger partial charge in [0.1, 0.15) is 5.60 Å². The average molecular weight is 305 g/mol. The maximum atomic E-state index is 13.8. The Hall–Kier alpha value is -0.940. The van der Waals surface area contributed by atoms with Gasteiger partial charge in [0.05, 0.1) is 6.61 Å². The Bertz CT molecular complexity index is 389. The summed E-state index contributed by atoms with van der Waals surface area (Å²) in [6.45, 7) is 2.91. The molecule has 0 fully saturated rings. The second-order valence-electron chi connectivity index (χ2n) is 3.77. The van der Waals surface area contributed by atoms with Crippen LogP contribution in [0.2, 0.25) is 0 Å². The van der Waals surface area contributed by atoms with Gasteiger partial charge >= 0.3 is 5.97 Å². The number of hydrogen-bond donors (Lipinski definition) is 1. The van der Waals surface area contributed by atoms with Gasteiger partial charge in [-0.3, -0.25) is 0 Å². The van der Waals surface area contributed by atoms with Crippen molar-refractivity contribution < 1.29 is 19.0 Å². The van der Waals surface area contributed by atoms with Gasteiger partial charge in [0.2, 0.25) is 6.17 Å². The zero-order valence-corrected chi connectivity index (χ0v) is 11.2. The molecule has 5 heteroatoms. The van der Waals surface area contributed by atoms with E-state index in [2.05, 4.69) is 20.7 Å². The molecular weight excluding hydrogens is 291 g/mol. The van der Waals surface area contributed by atoms with Crippen molar-refractivity contribution in [2.24, 2.45) is 0 Å². The first-order valence-corrected chi connectivity index (χ1v) is 5.98. The van der Waals surface area contributed by atoms with Crippen molar-refractivity contribution in [2.45, 2.75) is 25.6 Å². The van der Waals surface area contributed by atoms with Gasteiger partial charge in [0, 0.05) is 4.47 Å². The molecule has 0 spiro atoms. The summed E-state index contributed by atoms with van der Waals surface area (Å²) >= 11 is 3.24. The molecule has 2 atom stereocenters. The Labute approximate surface area is 108 Å². The number of carbonyl (C=O) groups excluding carboxylic acids is 1. The first-order valence-electron chi connectivity index (χ1n) is 5.18. The van der Waals surface area contributed by atoms with E-state index in [1.165, 1.54) is 6.92 Å². The van der Waals surface area contributed by atoms with Crippen LogP contribution in [-0.2, 0) is 15.1 Å². The van der Waals surface area contributed by atoms with Gasteiger partial charge in [0.15, 0.2) is 0 Å². The van der Waals surface area contributed by atoms with E-state index in [1.54, 1.807) is 31.2 Å². The molecule has 1 N–H and O–H groups in total. The molecular formula is C12H14BrFO3. The number of halogens is 2. The highest BCUT2D eigenvalue weighted by Crippen LogP contribution is 2.28. The highest BCUT2D eigenvalue weighted by Gasteiger charge is 2.40. The lowest BCUT2D eigenvalue weighted by atomic mass is 9.91. The average Bonchev–Trinajstić information content (AvgIpc) is 2.29. The number of esters is 1. The molecule has 3 nitrogen and oxygen atoms in total. The van der Waals surface area contributed by atoms with Crippen molar-refractivity contribution in [1.29, 1.82) is 0 Å². The fourth-order valence-corrected chi connectivity index (χ4v) is 1.64. The quantitative estimate of drug-likeness (QED) is 0.870. The summed E-state index contributed by atoms with van der Waals surface area (Å²) in [6, 6.07) is 6.44.